The molecule has 0 radical (unpaired) electrons. The lowest BCUT2D eigenvalue weighted by Crippen LogP contribution is -2.54. The first kappa shape index (κ1) is 23.8. The Morgan fingerprint density at radius 1 is 1.20 bits per heavy atom. The van der Waals surface area contributed by atoms with E-state index >= 15 is 0 Å². The highest BCUT2D eigenvalue weighted by atomic mass is 19.1. The molecule has 1 heterocycles. The minimum absolute atomic E-state index is 0.0219. The van der Waals surface area contributed by atoms with E-state index in [0.29, 0.717) is 11.9 Å². The Morgan fingerprint density at radius 2 is 1.87 bits per heavy atom. The molecule has 0 aliphatic heterocycles. The molecular formula is C22H33FN4O3. The number of carbonyl (C=O) groups excluding carboxylic acids is 2. The zero-order valence-electron chi connectivity index (χ0n) is 18.7. The maximum absolute atomic E-state index is 14.6. The van der Waals surface area contributed by atoms with Crippen LogP contribution in [0.5, 0.6) is 0 Å². The highest BCUT2D eigenvalue weighted by molar-refractivity contribution is 6.06. The Hall–Kier alpha value is -2.48. The van der Waals surface area contributed by atoms with E-state index in [0.717, 1.165) is 6.42 Å². The molecule has 1 aromatic carbocycles. The summed E-state index contributed by atoms with van der Waals surface area (Å²) in [5.74, 6) is -1.38. The van der Waals surface area contributed by atoms with Crippen LogP contribution in [0.3, 0.4) is 0 Å². The number of nitrogens with one attached hydrogen (secondary N) is 2. The van der Waals surface area contributed by atoms with Crippen LogP contribution in [0.15, 0.2) is 18.2 Å². The fraction of sp³-hybridized carbons (Fsp3) is 0.591. The molecule has 0 bridgehead atoms. The SMILES string of the molecule is CC(C)(C)CCn1nc(C(=O)NC(C(=O)NCCO)C(C)(C)C)c2cccc(F)c21. The van der Waals surface area contributed by atoms with E-state index < -0.39 is 29.1 Å². The monoisotopic (exact) mass is 420 g/mol. The van der Waals surface area contributed by atoms with Gasteiger partial charge in [0.05, 0.1) is 6.61 Å². The lowest BCUT2D eigenvalue weighted by molar-refractivity contribution is -0.125. The Bertz CT molecular complexity index is 909. The van der Waals surface area contributed by atoms with Crippen molar-refractivity contribution in [2.24, 2.45) is 10.8 Å². The number of rotatable bonds is 7. The van der Waals surface area contributed by atoms with Crippen LogP contribution in [0, 0.1) is 16.6 Å². The molecule has 0 spiro atoms. The molecule has 0 aliphatic carbocycles. The van der Waals surface area contributed by atoms with Gasteiger partial charge in [-0.05, 0) is 23.3 Å². The number of aryl methyl sites for hydroxylation is 1. The summed E-state index contributed by atoms with van der Waals surface area (Å²) in [6.45, 7) is 12.1. The van der Waals surface area contributed by atoms with E-state index in [4.69, 9.17) is 5.11 Å². The average Bonchev–Trinajstić information content (AvgIpc) is 3.01. The molecule has 8 heteroatoms. The van der Waals surface area contributed by atoms with Crippen LogP contribution < -0.4 is 10.6 Å². The van der Waals surface area contributed by atoms with E-state index in [1.807, 2.05) is 20.8 Å². The number of aliphatic hydroxyl groups is 1. The quantitative estimate of drug-likeness (QED) is 0.642. The highest BCUT2D eigenvalue weighted by Gasteiger charge is 2.34. The summed E-state index contributed by atoms with van der Waals surface area (Å²) < 4.78 is 16.1. The van der Waals surface area contributed by atoms with E-state index in [2.05, 4.69) is 36.5 Å². The standard InChI is InChI=1S/C22H33FN4O3/c1-21(2,3)10-12-27-17-14(8-7-9-15(17)23)16(26-27)19(29)25-18(22(4,5)6)20(30)24-11-13-28/h7-9,18,28H,10-13H2,1-6H3,(H,24,30)(H,25,29). The highest BCUT2D eigenvalue weighted by Crippen LogP contribution is 2.26. The molecule has 1 atom stereocenters. The molecule has 0 saturated carbocycles. The third-order valence-corrected chi connectivity index (χ3v) is 4.82. The second kappa shape index (κ2) is 9.12. The van der Waals surface area contributed by atoms with Crippen molar-refractivity contribution in [3.05, 3.63) is 29.7 Å². The Kier molecular flexibility index (Phi) is 7.23. The number of halogens is 1. The summed E-state index contributed by atoms with van der Waals surface area (Å²) in [6, 6.07) is 3.70. The molecule has 2 rings (SSSR count). The fourth-order valence-corrected chi connectivity index (χ4v) is 3.12. The van der Waals surface area contributed by atoms with Crippen LogP contribution in [0.4, 0.5) is 4.39 Å². The zero-order valence-corrected chi connectivity index (χ0v) is 18.7. The number of aromatic nitrogens is 2. The van der Waals surface area contributed by atoms with Gasteiger partial charge in [-0.1, -0.05) is 53.7 Å². The average molecular weight is 421 g/mol. The molecule has 0 fully saturated rings. The Labute approximate surface area is 177 Å². The van der Waals surface area contributed by atoms with Crippen LogP contribution in [0.2, 0.25) is 0 Å². The normalized spacial score (nSPS) is 13.3. The van der Waals surface area contributed by atoms with E-state index in [1.54, 1.807) is 12.1 Å². The van der Waals surface area contributed by atoms with Crippen LogP contribution in [0.1, 0.15) is 58.5 Å². The number of para-hydroxylation sites is 1. The van der Waals surface area contributed by atoms with Gasteiger partial charge in [-0.15, -0.1) is 0 Å². The second-order valence-corrected chi connectivity index (χ2v) is 9.81. The van der Waals surface area contributed by atoms with Gasteiger partial charge in [-0.25, -0.2) is 4.39 Å². The van der Waals surface area contributed by atoms with Crippen molar-refractivity contribution in [1.29, 1.82) is 0 Å². The summed E-state index contributed by atoms with van der Waals surface area (Å²) in [4.78, 5) is 25.6. The number of nitrogens with zero attached hydrogens (tertiary/aromatic N) is 2. The number of carbonyl (C=O) groups is 2. The van der Waals surface area contributed by atoms with Gasteiger partial charge in [-0.2, -0.15) is 5.10 Å². The molecule has 166 valence electrons. The number of aliphatic hydroxyl groups excluding tert-OH is 1. The molecule has 1 aromatic heterocycles. The topological polar surface area (TPSA) is 96.2 Å². The summed E-state index contributed by atoms with van der Waals surface area (Å²) in [7, 11) is 0. The molecule has 0 aliphatic rings. The number of hydrogen-bond donors (Lipinski definition) is 3. The van der Waals surface area contributed by atoms with Crippen LogP contribution in [0.25, 0.3) is 10.9 Å². The van der Waals surface area contributed by atoms with Crippen molar-refractivity contribution in [3.63, 3.8) is 0 Å². The molecule has 0 saturated heterocycles. The van der Waals surface area contributed by atoms with Crippen LogP contribution in [-0.2, 0) is 11.3 Å². The molecular weight excluding hydrogens is 387 g/mol. The molecule has 3 N–H and O–H groups in total. The van der Waals surface area contributed by atoms with Gasteiger partial charge in [0.25, 0.3) is 5.91 Å². The summed E-state index contributed by atoms with van der Waals surface area (Å²) >= 11 is 0. The second-order valence-electron chi connectivity index (χ2n) is 9.81. The van der Waals surface area contributed by atoms with E-state index in [1.165, 1.54) is 10.7 Å². The number of fused-ring (bicyclic) bond motifs is 1. The third kappa shape index (κ3) is 5.78. The Morgan fingerprint density at radius 3 is 2.43 bits per heavy atom. The number of benzene rings is 1. The van der Waals surface area contributed by atoms with Gasteiger partial charge in [0, 0.05) is 18.5 Å². The van der Waals surface area contributed by atoms with Crippen molar-refractivity contribution in [2.45, 2.75) is 60.5 Å². The van der Waals surface area contributed by atoms with Gasteiger partial charge in [0.1, 0.15) is 17.4 Å². The third-order valence-electron chi connectivity index (χ3n) is 4.82. The van der Waals surface area contributed by atoms with Gasteiger partial charge in [-0.3, -0.25) is 14.3 Å². The smallest absolute Gasteiger partial charge is 0.273 e. The maximum atomic E-state index is 14.6. The van der Waals surface area contributed by atoms with Crippen molar-refractivity contribution in [3.8, 4) is 0 Å². The minimum Gasteiger partial charge on any atom is -0.395 e. The summed E-state index contributed by atoms with van der Waals surface area (Å²) in [5, 5.41) is 19.1. The first-order valence-corrected chi connectivity index (χ1v) is 10.2. The first-order valence-electron chi connectivity index (χ1n) is 10.2. The molecule has 7 nitrogen and oxygen atoms in total. The van der Waals surface area contributed by atoms with Gasteiger partial charge in [0.2, 0.25) is 5.91 Å². The van der Waals surface area contributed by atoms with Crippen molar-refractivity contribution in [2.75, 3.05) is 13.2 Å². The van der Waals surface area contributed by atoms with Crippen molar-refractivity contribution >= 4 is 22.7 Å². The van der Waals surface area contributed by atoms with Gasteiger partial charge < -0.3 is 15.7 Å². The molecule has 1 unspecified atom stereocenters. The summed E-state index contributed by atoms with van der Waals surface area (Å²) in [5.41, 5.74) is -0.189. The zero-order chi connectivity index (χ0) is 22.7. The number of amides is 2. The molecule has 2 amide bonds. The van der Waals surface area contributed by atoms with Crippen LogP contribution in [-0.4, -0.2) is 45.9 Å². The first-order chi connectivity index (χ1) is 13.8. The minimum atomic E-state index is -0.847. The van der Waals surface area contributed by atoms with Crippen LogP contribution >= 0.6 is 0 Å². The van der Waals surface area contributed by atoms with E-state index in [-0.39, 0.29) is 29.8 Å². The molecule has 2 aromatic rings. The van der Waals surface area contributed by atoms with Gasteiger partial charge >= 0.3 is 0 Å². The molecule has 30 heavy (non-hydrogen) atoms. The largest absolute Gasteiger partial charge is 0.395 e. The maximum Gasteiger partial charge on any atom is 0.273 e. The predicted octanol–water partition coefficient (Wildman–Crippen LogP) is 2.86. The predicted molar refractivity (Wildman–Crippen MR) is 115 cm³/mol. The van der Waals surface area contributed by atoms with Crippen molar-refractivity contribution < 1.29 is 19.1 Å². The lowest BCUT2D eigenvalue weighted by Gasteiger charge is -2.30. The Balaban J connectivity index is 2.39. The van der Waals surface area contributed by atoms with Gasteiger partial charge in [0.15, 0.2) is 5.69 Å². The van der Waals surface area contributed by atoms with Crippen molar-refractivity contribution in [1.82, 2.24) is 20.4 Å². The van der Waals surface area contributed by atoms with E-state index in [9.17, 15) is 14.0 Å². The summed E-state index contributed by atoms with van der Waals surface area (Å²) in [6.07, 6.45) is 0.757. The lowest BCUT2D eigenvalue weighted by atomic mass is 9.86. The fourth-order valence-electron chi connectivity index (χ4n) is 3.12. The number of hydrogen-bond acceptors (Lipinski definition) is 4.